The maximum atomic E-state index is 6.00. The summed E-state index contributed by atoms with van der Waals surface area (Å²) in [5, 5.41) is 11.6. The van der Waals surface area contributed by atoms with Gasteiger partial charge in [-0.25, -0.2) is 5.10 Å². The van der Waals surface area contributed by atoms with Crippen LogP contribution in [0.5, 0.6) is 5.75 Å². The highest BCUT2D eigenvalue weighted by molar-refractivity contribution is 7.71. The largest absolute Gasteiger partial charge is 0.485 e. The van der Waals surface area contributed by atoms with Gasteiger partial charge in [-0.1, -0.05) is 30.3 Å². The average molecular weight is 424 g/mol. The Morgan fingerprint density at radius 1 is 1.13 bits per heavy atom. The number of aromatic nitrogens is 3. The number of rotatable bonds is 6. The van der Waals surface area contributed by atoms with E-state index in [0.717, 1.165) is 48.7 Å². The zero-order chi connectivity index (χ0) is 20.9. The van der Waals surface area contributed by atoms with Crippen LogP contribution in [0.4, 0.5) is 5.69 Å². The van der Waals surface area contributed by atoms with E-state index in [1.165, 1.54) is 5.69 Å². The molecule has 0 aliphatic carbocycles. The van der Waals surface area contributed by atoms with E-state index in [1.54, 1.807) is 10.9 Å². The highest BCUT2D eigenvalue weighted by Crippen LogP contribution is 2.23. The van der Waals surface area contributed by atoms with Crippen molar-refractivity contribution in [2.75, 3.05) is 31.2 Å². The molecular weight excluding hydrogens is 398 g/mol. The van der Waals surface area contributed by atoms with Crippen LogP contribution in [0.15, 0.2) is 47.6 Å². The molecule has 3 aromatic rings. The van der Waals surface area contributed by atoms with Crippen LogP contribution in [0.1, 0.15) is 22.5 Å². The van der Waals surface area contributed by atoms with Crippen LogP contribution >= 0.6 is 12.2 Å². The van der Waals surface area contributed by atoms with Gasteiger partial charge in [0.15, 0.2) is 5.82 Å². The fourth-order valence-corrected chi connectivity index (χ4v) is 3.62. The number of anilines is 1. The molecule has 0 saturated carbocycles. The SMILES string of the molecule is Cc1cccc(C)c1OCc1n[nH]c(=S)n1/N=C\c1ccc(N2CCOCC2)cc1. The average Bonchev–Trinajstić information content (AvgIpc) is 3.12. The van der Waals surface area contributed by atoms with E-state index in [0.29, 0.717) is 10.6 Å². The molecule has 0 atom stereocenters. The van der Waals surface area contributed by atoms with E-state index in [9.17, 15) is 0 Å². The van der Waals surface area contributed by atoms with Crippen LogP contribution in [-0.2, 0) is 11.3 Å². The van der Waals surface area contributed by atoms with Gasteiger partial charge >= 0.3 is 0 Å². The molecule has 2 heterocycles. The Bertz CT molecular complexity index is 1060. The summed E-state index contributed by atoms with van der Waals surface area (Å²) in [6.07, 6.45) is 1.77. The van der Waals surface area contributed by atoms with E-state index in [2.05, 4.69) is 32.3 Å². The van der Waals surface area contributed by atoms with E-state index in [-0.39, 0.29) is 6.61 Å². The Hall–Kier alpha value is -2.97. The van der Waals surface area contributed by atoms with Gasteiger partial charge in [0.1, 0.15) is 12.4 Å². The number of H-pyrrole nitrogens is 1. The van der Waals surface area contributed by atoms with Crippen molar-refractivity contribution in [2.24, 2.45) is 5.10 Å². The van der Waals surface area contributed by atoms with Crippen LogP contribution in [-0.4, -0.2) is 47.4 Å². The van der Waals surface area contributed by atoms with Crippen molar-refractivity contribution in [1.82, 2.24) is 14.9 Å². The molecule has 4 rings (SSSR count). The van der Waals surface area contributed by atoms with Crippen LogP contribution in [0, 0.1) is 18.6 Å². The van der Waals surface area contributed by atoms with Gasteiger partial charge in [-0.15, -0.1) is 0 Å². The molecule has 2 aromatic carbocycles. The topological polar surface area (TPSA) is 67.7 Å². The van der Waals surface area contributed by atoms with Crippen LogP contribution in [0.3, 0.4) is 0 Å². The monoisotopic (exact) mass is 423 g/mol. The van der Waals surface area contributed by atoms with E-state index in [4.69, 9.17) is 21.7 Å². The maximum Gasteiger partial charge on any atom is 0.216 e. The van der Waals surface area contributed by atoms with Gasteiger partial charge in [-0.3, -0.25) is 0 Å². The minimum atomic E-state index is 0.270. The first-order valence-corrected chi connectivity index (χ1v) is 10.3. The number of morpholine rings is 1. The van der Waals surface area contributed by atoms with Crippen LogP contribution in [0.25, 0.3) is 0 Å². The third-order valence-electron chi connectivity index (χ3n) is 5.06. The molecule has 1 aliphatic rings. The van der Waals surface area contributed by atoms with Gasteiger partial charge in [-0.05, 0) is 54.9 Å². The van der Waals surface area contributed by atoms with Gasteiger partial charge in [0, 0.05) is 18.8 Å². The number of ether oxygens (including phenoxy) is 2. The van der Waals surface area contributed by atoms with E-state index in [1.807, 2.05) is 44.2 Å². The highest BCUT2D eigenvalue weighted by Gasteiger charge is 2.11. The molecule has 1 N–H and O–H groups in total. The first-order chi connectivity index (χ1) is 14.6. The molecular formula is C22H25N5O2S. The zero-order valence-electron chi connectivity index (χ0n) is 17.2. The van der Waals surface area contributed by atoms with Crippen molar-refractivity contribution in [3.05, 3.63) is 69.8 Å². The molecule has 0 radical (unpaired) electrons. The molecule has 1 aliphatic heterocycles. The smallest absolute Gasteiger partial charge is 0.216 e. The van der Waals surface area contributed by atoms with Gasteiger partial charge in [0.2, 0.25) is 4.77 Å². The Morgan fingerprint density at radius 2 is 1.83 bits per heavy atom. The highest BCUT2D eigenvalue weighted by atomic mass is 32.1. The fraction of sp³-hybridized carbons (Fsp3) is 0.318. The molecule has 0 amide bonds. The minimum Gasteiger partial charge on any atom is -0.485 e. The number of hydrogen-bond acceptors (Lipinski definition) is 6. The summed E-state index contributed by atoms with van der Waals surface area (Å²) in [7, 11) is 0. The lowest BCUT2D eigenvalue weighted by Crippen LogP contribution is -2.36. The van der Waals surface area contributed by atoms with Crippen molar-refractivity contribution in [3.8, 4) is 5.75 Å². The maximum absolute atomic E-state index is 6.00. The lowest BCUT2D eigenvalue weighted by Gasteiger charge is -2.28. The molecule has 156 valence electrons. The zero-order valence-corrected chi connectivity index (χ0v) is 18.0. The van der Waals surface area contributed by atoms with Crippen molar-refractivity contribution >= 4 is 24.1 Å². The summed E-state index contributed by atoms with van der Waals surface area (Å²) in [6.45, 7) is 7.70. The molecule has 30 heavy (non-hydrogen) atoms. The number of hydrogen-bond donors (Lipinski definition) is 1. The summed E-state index contributed by atoms with van der Waals surface area (Å²) in [5.41, 5.74) is 4.34. The summed E-state index contributed by atoms with van der Waals surface area (Å²) in [6, 6.07) is 14.4. The second-order valence-corrected chi connectivity index (χ2v) is 7.59. The number of aromatic amines is 1. The number of benzene rings is 2. The molecule has 1 fully saturated rings. The predicted octanol–water partition coefficient (Wildman–Crippen LogP) is 3.86. The third kappa shape index (κ3) is 4.60. The number of aryl methyl sites for hydroxylation is 2. The van der Waals surface area contributed by atoms with Crippen molar-refractivity contribution in [2.45, 2.75) is 20.5 Å². The first-order valence-electron chi connectivity index (χ1n) is 9.94. The normalized spacial score (nSPS) is 14.4. The van der Waals surface area contributed by atoms with Crippen molar-refractivity contribution in [3.63, 3.8) is 0 Å². The second kappa shape index (κ2) is 9.23. The third-order valence-corrected chi connectivity index (χ3v) is 5.33. The Kier molecular flexibility index (Phi) is 6.25. The molecule has 0 unspecified atom stereocenters. The van der Waals surface area contributed by atoms with Gasteiger partial charge in [0.05, 0.1) is 19.4 Å². The van der Waals surface area contributed by atoms with Crippen molar-refractivity contribution < 1.29 is 9.47 Å². The predicted molar refractivity (Wildman–Crippen MR) is 120 cm³/mol. The Morgan fingerprint density at radius 3 is 2.53 bits per heavy atom. The summed E-state index contributed by atoms with van der Waals surface area (Å²) < 4.78 is 13.4. The number of para-hydroxylation sites is 1. The molecule has 1 aromatic heterocycles. The number of nitrogens with zero attached hydrogens (tertiary/aromatic N) is 4. The standard InChI is InChI=1S/C22H25N5O2S/c1-16-4-3-5-17(2)21(16)29-15-20-24-25-22(30)27(20)23-14-18-6-8-19(9-7-18)26-10-12-28-13-11-26/h3-9,14H,10-13,15H2,1-2H3,(H,25,30)/b23-14-. The van der Waals surface area contributed by atoms with Gasteiger partial charge < -0.3 is 14.4 Å². The van der Waals surface area contributed by atoms with Gasteiger partial charge in [0.25, 0.3) is 0 Å². The van der Waals surface area contributed by atoms with E-state index >= 15 is 0 Å². The fourth-order valence-electron chi connectivity index (χ4n) is 3.42. The van der Waals surface area contributed by atoms with Crippen LogP contribution in [0.2, 0.25) is 0 Å². The summed E-state index contributed by atoms with van der Waals surface area (Å²) in [4.78, 5) is 2.32. The molecule has 7 nitrogen and oxygen atoms in total. The molecule has 1 saturated heterocycles. The molecule has 0 spiro atoms. The lowest BCUT2D eigenvalue weighted by atomic mass is 10.1. The molecule has 0 bridgehead atoms. The first kappa shape index (κ1) is 20.3. The summed E-state index contributed by atoms with van der Waals surface area (Å²) in [5.74, 6) is 1.48. The Labute approximate surface area is 180 Å². The number of nitrogens with one attached hydrogen (secondary N) is 1. The van der Waals surface area contributed by atoms with Gasteiger partial charge in [-0.2, -0.15) is 14.9 Å². The molecule has 8 heteroatoms. The Balaban J connectivity index is 1.46. The van der Waals surface area contributed by atoms with Crippen molar-refractivity contribution in [1.29, 1.82) is 0 Å². The second-order valence-electron chi connectivity index (χ2n) is 7.20. The van der Waals surface area contributed by atoms with Crippen LogP contribution < -0.4 is 9.64 Å². The lowest BCUT2D eigenvalue weighted by molar-refractivity contribution is 0.122. The quantitative estimate of drug-likeness (QED) is 0.482. The van der Waals surface area contributed by atoms with E-state index < -0.39 is 0 Å². The summed E-state index contributed by atoms with van der Waals surface area (Å²) >= 11 is 5.33. The minimum absolute atomic E-state index is 0.270.